The van der Waals surface area contributed by atoms with Gasteiger partial charge in [-0.15, -0.1) is 0 Å². The molecule has 0 heterocycles. The van der Waals surface area contributed by atoms with Crippen LogP contribution in [0.4, 0.5) is 5.69 Å². The molecule has 3 aromatic carbocycles. The Morgan fingerprint density at radius 3 is 2.22 bits per heavy atom. The van der Waals surface area contributed by atoms with Crippen LogP contribution in [0.3, 0.4) is 0 Å². The Bertz CT molecular complexity index is 934. The highest BCUT2D eigenvalue weighted by molar-refractivity contribution is 6.00. The van der Waals surface area contributed by atoms with Gasteiger partial charge in [-0.25, -0.2) is 0 Å². The number of rotatable bonds is 4. The van der Waals surface area contributed by atoms with Crippen LogP contribution in [-0.2, 0) is 0 Å². The molecule has 0 aliphatic heterocycles. The molecule has 0 aliphatic rings. The van der Waals surface area contributed by atoms with Gasteiger partial charge in [-0.2, -0.15) is 0 Å². The molecule has 3 rings (SSSR count). The number of ketones is 1. The number of carbonyl (C=O) groups excluding carboxylic acids is 2. The first-order valence-electron chi connectivity index (χ1n) is 8.59. The summed E-state index contributed by atoms with van der Waals surface area (Å²) in [6, 6.07) is 20.9. The van der Waals surface area contributed by atoms with E-state index in [1.807, 2.05) is 50.4 Å². The van der Waals surface area contributed by atoms with E-state index in [0.717, 1.165) is 27.9 Å². The lowest BCUT2D eigenvalue weighted by Gasteiger charge is -2.09. The molecule has 0 unspecified atom stereocenters. The van der Waals surface area contributed by atoms with Crippen molar-refractivity contribution in [1.29, 1.82) is 0 Å². The minimum absolute atomic E-state index is 0.0509. The zero-order valence-electron chi connectivity index (χ0n) is 15.7. The third-order valence-corrected chi connectivity index (χ3v) is 4.09. The third-order valence-electron chi connectivity index (χ3n) is 4.09. The second-order valence-corrected chi connectivity index (χ2v) is 6.11. The summed E-state index contributed by atoms with van der Waals surface area (Å²) in [5.41, 5.74) is 5.15. The van der Waals surface area contributed by atoms with Crippen LogP contribution in [0, 0.1) is 6.92 Å². The quantitative estimate of drug-likeness (QED) is 0.500. The predicted octanol–water partition coefficient (Wildman–Crippen LogP) is 5.11. The van der Waals surface area contributed by atoms with Gasteiger partial charge in [0, 0.05) is 18.3 Å². The molecule has 0 aliphatic carbocycles. The first kappa shape index (κ1) is 19.9. The Morgan fingerprint density at radius 1 is 0.963 bits per heavy atom. The Labute approximate surface area is 159 Å². The summed E-state index contributed by atoms with van der Waals surface area (Å²) < 4.78 is 0. The fourth-order valence-electron chi connectivity index (χ4n) is 2.62. The number of hydrogen-bond acceptors (Lipinski definition) is 4. The number of anilines is 1. The van der Waals surface area contributed by atoms with Crippen molar-refractivity contribution < 1.29 is 14.7 Å². The van der Waals surface area contributed by atoms with Gasteiger partial charge in [0.2, 0.25) is 0 Å². The summed E-state index contributed by atoms with van der Waals surface area (Å²) in [6.07, 6.45) is 0.634. The zero-order valence-corrected chi connectivity index (χ0v) is 15.7. The Balaban J connectivity index is 0.000000223. The highest BCUT2D eigenvalue weighted by Gasteiger charge is 2.07. The minimum Gasteiger partial charge on any atom is -0.507 e. The van der Waals surface area contributed by atoms with Crippen molar-refractivity contribution in [3.05, 3.63) is 83.4 Å². The lowest BCUT2D eigenvalue weighted by atomic mass is 10.0. The van der Waals surface area contributed by atoms with Crippen LogP contribution in [-0.4, -0.2) is 24.2 Å². The zero-order chi connectivity index (χ0) is 19.8. The van der Waals surface area contributed by atoms with Gasteiger partial charge in [-0.05, 0) is 54.8 Å². The largest absolute Gasteiger partial charge is 0.507 e. The van der Waals surface area contributed by atoms with Crippen molar-refractivity contribution in [3.8, 4) is 16.9 Å². The molecule has 0 saturated heterocycles. The predicted molar refractivity (Wildman–Crippen MR) is 110 cm³/mol. The summed E-state index contributed by atoms with van der Waals surface area (Å²) in [5.74, 6) is 0.129. The Morgan fingerprint density at radius 2 is 1.67 bits per heavy atom. The second kappa shape index (κ2) is 9.34. The topological polar surface area (TPSA) is 66.4 Å². The van der Waals surface area contributed by atoms with Crippen molar-refractivity contribution >= 4 is 17.8 Å². The molecule has 0 atom stereocenters. The Hall–Kier alpha value is -3.40. The van der Waals surface area contributed by atoms with Crippen molar-refractivity contribution in [3.63, 3.8) is 0 Å². The van der Waals surface area contributed by atoms with Crippen LogP contribution in [0.15, 0.2) is 66.7 Å². The maximum Gasteiger partial charge on any atom is 0.161 e. The molecular formula is C23H23NO3. The van der Waals surface area contributed by atoms with Crippen LogP contribution in [0.5, 0.6) is 5.75 Å². The number of phenols is 1. The molecule has 3 aromatic rings. The molecular weight excluding hydrogens is 338 g/mol. The summed E-state index contributed by atoms with van der Waals surface area (Å²) in [7, 11) is 1.83. The fraction of sp³-hybridized carbons (Fsp3) is 0.130. The standard InChI is InChI=1S/C15H15NO.C8H8O2/c1-11(17)14-9-8-13(10-15(14)16-2)12-6-4-3-5-7-12;1-6-2-3-7(5-9)8(10)4-6/h3-10,16H,1-2H3;2-5,10H,1H3. The van der Waals surface area contributed by atoms with E-state index in [9.17, 15) is 9.59 Å². The smallest absolute Gasteiger partial charge is 0.161 e. The maximum absolute atomic E-state index is 11.4. The number of hydrogen-bond donors (Lipinski definition) is 2. The molecule has 0 fully saturated rings. The van der Waals surface area contributed by atoms with Gasteiger partial charge in [0.1, 0.15) is 5.75 Å². The summed E-state index contributed by atoms with van der Waals surface area (Å²) >= 11 is 0. The monoisotopic (exact) mass is 361 g/mol. The SMILES string of the molecule is CNc1cc(-c2ccccc2)ccc1C(C)=O.Cc1ccc(C=O)c(O)c1. The molecule has 0 amide bonds. The molecule has 2 N–H and O–H groups in total. The number of aldehydes is 1. The van der Waals surface area contributed by atoms with Crippen molar-refractivity contribution in [1.82, 2.24) is 0 Å². The van der Waals surface area contributed by atoms with Crippen molar-refractivity contribution in [2.24, 2.45) is 0 Å². The number of benzene rings is 3. The summed E-state index contributed by atoms with van der Waals surface area (Å²) in [5, 5.41) is 12.1. The Kier molecular flexibility index (Phi) is 6.89. The molecule has 0 radical (unpaired) electrons. The van der Waals surface area contributed by atoms with Crippen LogP contribution in [0.1, 0.15) is 33.2 Å². The molecule has 138 valence electrons. The van der Waals surface area contributed by atoms with Crippen LogP contribution in [0.2, 0.25) is 0 Å². The molecule has 0 spiro atoms. The molecule has 0 bridgehead atoms. The van der Waals surface area contributed by atoms with E-state index in [-0.39, 0.29) is 11.5 Å². The molecule has 27 heavy (non-hydrogen) atoms. The van der Waals surface area contributed by atoms with E-state index in [1.165, 1.54) is 0 Å². The first-order chi connectivity index (χ1) is 13.0. The molecule has 4 nitrogen and oxygen atoms in total. The normalized spacial score (nSPS) is 9.74. The lowest BCUT2D eigenvalue weighted by Crippen LogP contribution is -2.00. The van der Waals surface area contributed by atoms with Gasteiger partial charge < -0.3 is 10.4 Å². The van der Waals surface area contributed by atoms with E-state index in [2.05, 4.69) is 17.4 Å². The second-order valence-electron chi connectivity index (χ2n) is 6.11. The van der Waals surface area contributed by atoms with Gasteiger partial charge in [0.25, 0.3) is 0 Å². The summed E-state index contributed by atoms with van der Waals surface area (Å²) in [6.45, 7) is 3.44. The van der Waals surface area contributed by atoms with Gasteiger partial charge in [-0.3, -0.25) is 9.59 Å². The number of aromatic hydroxyl groups is 1. The highest BCUT2D eigenvalue weighted by atomic mass is 16.3. The molecule has 4 heteroatoms. The van der Waals surface area contributed by atoms with Crippen molar-refractivity contribution in [2.75, 3.05) is 12.4 Å². The summed E-state index contributed by atoms with van der Waals surface area (Å²) in [4.78, 5) is 21.6. The van der Waals surface area contributed by atoms with Crippen LogP contribution < -0.4 is 5.32 Å². The molecule has 0 aromatic heterocycles. The van der Waals surface area contributed by atoms with Gasteiger partial charge in [0.15, 0.2) is 12.1 Å². The number of phenolic OH excluding ortho intramolecular Hbond substituents is 1. The molecule has 0 saturated carbocycles. The number of carbonyl (C=O) groups is 2. The first-order valence-corrected chi connectivity index (χ1v) is 8.59. The van der Waals surface area contributed by atoms with Gasteiger partial charge in [0.05, 0.1) is 5.56 Å². The maximum atomic E-state index is 11.4. The third kappa shape index (κ3) is 5.28. The van der Waals surface area contributed by atoms with E-state index < -0.39 is 0 Å². The van der Waals surface area contributed by atoms with Crippen molar-refractivity contribution in [2.45, 2.75) is 13.8 Å². The van der Waals surface area contributed by atoms with E-state index in [1.54, 1.807) is 25.1 Å². The minimum atomic E-state index is 0.0509. The van der Waals surface area contributed by atoms with E-state index in [4.69, 9.17) is 5.11 Å². The van der Waals surface area contributed by atoms with Crippen LogP contribution >= 0.6 is 0 Å². The number of Topliss-reactive ketones (excluding diaryl/α,β-unsaturated/α-hetero) is 1. The average molecular weight is 361 g/mol. The van der Waals surface area contributed by atoms with E-state index in [0.29, 0.717) is 11.8 Å². The van der Waals surface area contributed by atoms with E-state index >= 15 is 0 Å². The average Bonchev–Trinajstić information content (AvgIpc) is 2.68. The fourth-order valence-corrected chi connectivity index (χ4v) is 2.62. The lowest BCUT2D eigenvalue weighted by molar-refractivity contribution is 0.101. The number of nitrogens with one attached hydrogen (secondary N) is 1. The van der Waals surface area contributed by atoms with Crippen LogP contribution in [0.25, 0.3) is 11.1 Å². The van der Waals surface area contributed by atoms with Gasteiger partial charge in [-0.1, -0.05) is 42.5 Å². The highest BCUT2D eigenvalue weighted by Crippen LogP contribution is 2.25. The number of aryl methyl sites for hydroxylation is 1. The van der Waals surface area contributed by atoms with Gasteiger partial charge >= 0.3 is 0 Å².